The van der Waals surface area contributed by atoms with E-state index in [0.717, 1.165) is 12.8 Å². The van der Waals surface area contributed by atoms with Gasteiger partial charge in [0.2, 0.25) is 5.91 Å². The van der Waals surface area contributed by atoms with E-state index in [2.05, 4.69) is 10.4 Å². The Morgan fingerprint density at radius 2 is 1.91 bits per heavy atom. The van der Waals surface area contributed by atoms with Crippen LogP contribution in [0.3, 0.4) is 0 Å². The fourth-order valence-electron chi connectivity index (χ4n) is 2.70. The Labute approximate surface area is 132 Å². The third-order valence-electron chi connectivity index (χ3n) is 3.99. The van der Waals surface area contributed by atoms with Gasteiger partial charge in [-0.3, -0.25) is 4.79 Å². The average molecular weight is 317 g/mol. The second-order valence-electron chi connectivity index (χ2n) is 5.58. The van der Waals surface area contributed by atoms with E-state index in [4.69, 9.17) is 10.5 Å². The summed E-state index contributed by atoms with van der Waals surface area (Å²) in [7, 11) is 0. The lowest BCUT2D eigenvalue weighted by molar-refractivity contribution is 0.0507. The highest BCUT2D eigenvalue weighted by molar-refractivity contribution is 5.92. The standard InChI is InChI=1S/C15H19N5O3/c16-14(21)11-5-7-12(8-6-11)20-15(22)19(17-18-20)9-10-23-13-3-1-2-4-13/h5-8,13H,1-4,9-10H2,(H2,16,21). The molecule has 1 heterocycles. The summed E-state index contributed by atoms with van der Waals surface area (Å²) in [5.41, 5.74) is 5.75. The number of hydrogen-bond donors (Lipinski definition) is 1. The van der Waals surface area contributed by atoms with Crippen LogP contribution in [0.2, 0.25) is 0 Å². The summed E-state index contributed by atoms with van der Waals surface area (Å²) in [6.07, 6.45) is 4.91. The number of ether oxygens (including phenoxy) is 1. The Kier molecular flexibility index (Phi) is 4.52. The second kappa shape index (κ2) is 6.74. The number of aromatic nitrogens is 4. The van der Waals surface area contributed by atoms with E-state index >= 15 is 0 Å². The van der Waals surface area contributed by atoms with Gasteiger partial charge in [-0.2, -0.15) is 9.36 Å². The molecule has 1 aromatic heterocycles. The monoisotopic (exact) mass is 317 g/mol. The molecule has 8 nitrogen and oxygen atoms in total. The number of rotatable bonds is 6. The molecule has 8 heteroatoms. The number of amides is 1. The first-order valence-electron chi connectivity index (χ1n) is 7.70. The van der Waals surface area contributed by atoms with Gasteiger partial charge in [0.15, 0.2) is 0 Å². The van der Waals surface area contributed by atoms with E-state index in [1.807, 2.05) is 0 Å². The van der Waals surface area contributed by atoms with E-state index in [-0.39, 0.29) is 5.69 Å². The van der Waals surface area contributed by atoms with E-state index in [1.165, 1.54) is 22.2 Å². The molecule has 0 spiro atoms. The van der Waals surface area contributed by atoms with Crippen LogP contribution >= 0.6 is 0 Å². The molecule has 2 aromatic rings. The predicted octanol–water partition coefficient (Wildman–Crippen LogP) is 0.487. The third kappa shape index (κ3) is 3.48. The maximum Gasteiger partial charge on any atom is 0.368 e. The predicted molar refractivity (Wildman–Crippen MR) is 82.3 cm³/mol. The molecule has 1 saturated carbocycles. The van der Waals surface area contributed by atoms with Gasteiger partial charge in [0.1, 0.15) is 0 Å². The van der Waals surface area contributed by atoms with Crippen LogP contribution in [0.5, 0.6) is 0 Å². The van der Waals surface area contributed by atoms with E-state index in [9.17, 15) is 9.59 Å². The molecule has 1 aromatic carbocycles. The number of carbonyl (C=O) groups excluding carboxylic acids is 1. The molecule has 0 atom stereocenters. The summed E-state index contributed by atoms with van der Waals surface area (Å²) in [5.74, 6) is -0.517. The molecule has 23 heavy (non-hydrogen) atoms. The lowest BCUT2D eigenvalue weighted by Gasteiger charge is -2.09. The van der Waals surface area contributed by atoms with Gasteiger partial charge in [0, 0.05) is 5.56 Å². The first-order chi connectivity index (χ1) is 11.1. The normalized spacial score (nSPS) is 15.1. The molecule has 0 saturated heterocycles. The molecule has 122 valence electrons. The van der Waals surface area contributed by atoms with Gasteiger partial charge in [0.25, 0.3) is 0 Å². The minimum atomic E-state index is -0.517. The Bertz CT molecular complexity index is 728. The summed E-state index contributed by atoms with van der Waals surface area (Å²) >= 11 is 0. The van der Waals surface area contributed by atoms with Crippen LogP contribution in [0.4, 0.5) is 0 Å². The van der Waals surface area contributed by atoms with Gasteiger partial charge in [-0.05, 0) is 47.5 Å². The molecule has 0 unspecified atom stereocenters. The van der Waals surface area contributed by atoms with E-state index in [0.29, 0.717) is 30.5 Å². The van der Waals surface area contributed by atoms with Crippen molar-refractivity contribution in [3.63, 3.8) is 0 Å². The van der Waals surface area contributed by atoms with Crippen LogP contribution in [0.15, 0.2) is 29.1 Å². The van der Waals surface area contributed by atoms with Gasteiger partial charge in [-0.25, -0.2) is 4.79 Å². The molecule has 1 amide bonds. The van der Waals surface area contributed by atoms with E-state index in [1.54, 1.807) is 24.3 Å². The minimum Gasteiger partial charge on any atom is -0.376 e. The van der Waals surface area contributed by atoms with Gasteiger partial charge in [0.05, 0.1) is 24.9 Å². The van der Waals surface area contributed by atoms with Crippen LogP contribution in [-0.2, 0) is 11.3 Å². The van der Waals surface area contributed by atoms with Crippen molar-refractivity contribution in [2.75, 3.05) is 6.61 Å². The van der Waals surface area contributed by atoms with Crippen LogP contribution in [-0.4, -0.2) is 38.4 Å². The number of benzene rings is 1. The molecule has 0 radical (unpaired) electrons. The van der Waals surface area contributed by atoms with Crippen molar-refractivity contribution in [1.29, 1.82) is 0 Å². The van der Waals surface area contributed by atoms with Crippen molar-refractivity contribution >= 4 is 5.91 Å². The Morgan fingerprint density at radius 3 is 2.57 bits per heavy atom. The van der Waals surface area contributed by atoms with E-state index < -0.39 is 5.91 Å². The molecule has 0 aliphatic heterocycles. The zero-order chi connectivity index (χ0) is 16.2. The zero-order valence-corrected chi connectivity index (χ0v) is 12.7. The summed E-state index contributed by atoms with van der Waals surface area (Å²) in [6.45, 7) is 0.818. The number of nitrogens with two attached hydrogens (primary N) is 1. The molecular weight excluding hydrogens is 298 g/mol. The van der Waals surface area contributed by atoms with Crippen LogP contribution in [0.1, 0.15) is 36.0 Å². The smallest absolute Gasteiger partial charge is 0.368 e. The van der Waals surface area contributed by atoms with Crippen molar-refractivity contribution in [3.8, 4) is 5.69 Å². The number of nitrogens with zero attached hydrogens (tertiary/aromatic N) is 4. The third-order valence-corrected chi connectivity index (χ3v) is 3.99. The van der Waals surface area contributed by atoms with Gasteiger partial charge >= 0.3 is 5.69 Å². The first-order valence-corrected chi connectivity index (χ1v) is 7.70. The first kappa shape index (κ1) is 15.4. The summed E-state index contributed by atoms with van der Waals surface area (Å²) in [4.78, 5) is 23.3. The van der Waals surface area contributed by atoms with Crippen molar-refractivity contribution < 1.29 is 9.53 Å². The Morgan fingerprint density at radius 1 is 1.22 bits per heavy atom. The second-order valence-corrected chi connectivity index (χ2v) is 5.58. The highest BCUT2D eigenvalue weighted by atomic mass is 16.5. The topological polar surface area (TPSA) is 105 Å². The maximum absolute atomic E-state index is 12.3. The summed E-state index contributed by atoms with van der Waals surface area (Å²) in [5, 5.41) is 7.72. The van der Waals surface area contributed by atoms with Crippen LogP contribution in [0, 0.1) is 0 Å². The van der Waals surface area contributed by atoms with Crippen molar-refractivity contribution in [1.82, 2.24) is 19.8 Å². The minimum absolute atomic E-state index is 0.307. The lowest BCUT2D eigenvalue weighted by Crippen LogP contribution is -2.26. The summed E-state index contributed by atoms with van der Waals surface area (Å²) < 4.78 is 8.19. The lowest BCUT2D eigenvalue weighted by atomic mass is 10.2. The largest absolute Gasteiger partial charge is 0.376 e. The summed E-state index contributed by atoms with van der Waals surface area (Å²) in [6, 6.07) is 6.31. The molecule has 3 rings (SSSR count). The molecule has 2 N–H and O–H groups in total. The Hall–Kier alpha value is -2.48. The number of tetrazole rings is 1. The van der Waals surface area contributed by atoms with Crippen molar-refractivity contribution in [2.45, 2.75) is 38.3 Å². The quantitative estimate of drug-likeness (QED) is 0.834. The molecule has 1 aliphatic rings. The number of hydrogen-bond acceptors (Lipinski definition) is 5. The highest BCUT2D eigenvalue weighted by Crippen LogP contribution is 2.20. The van der Waals surface area contributed by atoms with Crippen LogP contribution < -0.4 is 11.4 Å². The van der Waals surface area contributed by atoms with Crippen molar-refractivity contribution in [2.24, 2.45) is 5.73 Å². The molecular formula is C15H19N5O3. The molecule has 0 bridgehead atoms. The number of carbonyl (C=O) groups is 1. The fourth-order valence-corrected chi connectivity index (χ4v) is 2.70. The highest BCUT2D eigenvalue weighted by Gasteiger charge is 2.15. The van der Waals surface area contributed by atoms with Gasteiger partial charge in [-0.1, -0.05) is 12.8 Å². The number of primary amides is 1. The van der Waals surface area contributed by atoms with Gasteiger partial charge in [-0.15, -0.1) is 0 Å². The maximum atomic E-state index is 12.3. The zero-order valence-electron chi connectivity index (χ0n) is 12.7. The van der Waals surface area contributed by atoms with Crippen LogP contribution in [0.25, 0.3) is 5.69 Å². The van der Waals surface area contributed by atoms with Gasteiger partial charge < -0.3 is 10.5 Å². The van der Waals surface area contributed by atoms with Crippen molar-refractivity contribution in [3.05, 3.63) is 40.3 Å². The fraction of sp³-hybridized carbons (Fsp3) is 0.467. The average Bonchev–Trinajstić information content (AvgIpc) is 3.18. The molecule has 1 aliphatic carbocycles. The molecule has 1 fully saturated rings. The Balaban J connectivity index is 1.66. The SMILES string of the molecule is NC(=O)c1ccc(-n2nnn(CCOC3CCCC3)c2=O)cc1.